The first-order valence-corrected chi connectivity index (χ1v) is 16.1. The number of ether oxygens (including phenoxy) is 1. The summed E-state index contributed by atoms with van der Waals surface area (Å²) in [5.41, 5.74) is 1.71. The van der Waals surface area contributed by atoms with Gasteiger partial charge >= 0.3 is 0 Å². The lowest BCUT2D eigenvalue weighted by atomic mass is 9.94. The smallest absolute Gasteiger partial charge is 0.244 e. The molecule has 5 rings (SSSR count). The first-order chi connectivity index (χ1) is 20.5. The number of nitrogens with one attached hydrogen (secondary N) is 2. The number of hydrogen-bond acceptors (Lipinski definition) is 8. The Morgan fingerprint density at radius 3 is 2.72 bits per heavy atom. The monoisotopic (exact) mass is 679 g/mol. The first-order valence-electron chi connectivity index (χ1n) is 13.9. The Kier molecular flexibility index (Phi) is 9.30. The number of halogens is 3. The lowest BCUT2D eigenvalue weighted by molar-refractivity contribution is -0.125. The number of aromatic nitrogens is 2. The third kappa shape index (κ3) is 6.52. The summed E-state index contributed by atoms with van der Waals surface area (Å²) in [6, 6.07) is 6.19. The Hall–Kier alpha value is -3.20. The summed E-state index contributed by atoms with van der Waals surface area (Å²) in [6.07, 6.45) is 3.45. The highest BCUT2D eigenvalue weighted by Crippen LogP contribution is 2.37. The minimum absolute atomic E-state index is 0.0364. The number of anilines is 1. The maximum absolute atomic E-state index is 14.4. The number of amides is 1. The molecule has 0 saturated heterocycles. The molecule has 1 aliphatic carbocycles. The van der Waals surface area contributed by atoms with Gasteiger partial charge in [0, 0.05) is 24.4 Å². The summed E-state index contributed by atoms with van der Waals surface area (Å²) >= 11 is 3.44. The van der Waals surface area contributed by atoms with Crippen LogP contribution >= 0.6 is 15.9 Å². The van der Waals surface area contributed by atoms with Gasteiger partial charge in [0.1, 0.15) is 23.8 Å². The van der Waals surface area contributed by atoms with Gasteiger partial charge in [-0.25, -0.2) is 27.2 Å². The summed E-state index contributed by atoms with van der Waals surface area (Å²) < 4.78 is 62.4. The molecule has 1 aromatic heterocycles. The van der Waals surface area contributed by atoms with Crippen LogP contribution in [0.25, 0.3) is 11.3 Å². The van der Waals surface area contributed by atoms with Gasteiger partial charge in [0.25, 0.3) is 0 Å². The standard InChI is InChI=1S/C29H32BrF2N5O5S/c1-16(28(39)34-25(15-38)19-9-20(31)12-21(10-19)42-2)37-14-18-8-7-17(11-26(18)43(37,40)41)27-22(30)13-33-29(36-27)35-24-6-4-3-5-23(24)32/h7-13,16,23-25,38H,3-6,14-15H2,1-2H3,(H,34,39)(H,33,35,36)/t16-,23?,24?,25-/m1/s1. The van der Waals surface area contributed by atoms with Crippen molar-refractivity contribution in [1.82, 2.24) is 19.6 Å². The number of benzene rings is 2. The lowest BCUT2D eigenvalue weighted by Gasteiger charge is -2.26. The molecule has 1 aliphatic heterocycles. The number of aliphatic hydroxyl groups is 1. The van der Waals surface area contributed by atoms with E-state index >= 15 is 0 Å². The molecule has 2 unspecified atom stereocenters. The number of fused-ring (bicyclic) bond motifs is 1. The summed E-state index contributed by atoms with van der Waals surface area (Å²) in [5, 5.41) is 15.6. The number of nitrogens with zero attached hydrogens (tertiary/aromatic N) is 3. The fourth-order valence-electron chi connectivity index (χ4n) is 5.41. The van der Waals surface area contributed by atoms with Crippen molar-refractivity contribution < 1.29 is 31.8 Å². The molecule has 43 heavy (non-hydrogen) atoms. The van der Waals surface area contributed by atoms with Crippen molar-refractivity contribution in [1.29, 1.82) is 0 Å². The van der Waals surface area contributed by atoms with Crippen LogP contribution in [-0.4, -0.2) is 65.7 Å². The van der Waals surface area contributed by atoms with E-state index < -0.39 is 52.7 Å². The second-order valence-electron chi connectivity index (χ2n) is 10.7. The molecule has 1 fully saturated rings. The zero-order chi connectivity index (χ0) is 30.9. The van der Waals surface area contributed by atoms with Gasteiger partial charge in [0.15, 0.2) is 0 Å². The second-order valence-corrected chi connectivity index (χ2v) is 13.4. The predicted molar refractivity (Wildman–Crippen MR) is 159 cm³/mol. The van der Waals surface area contributed by atoms with E-state index in [-0.39, 0.29) is 28.7 Å². The van der Waals surface area contributed by atoms with Crippen LogP contribution in [0.1, 0.15) is 49.8 Å². The van der Waals surface area contributed by atoms with Crippen molar-refractivity contribution in [2.24, 2.45) is 0 Å². The Balaban J connectivity index is 1.35. The highest BCUT2D eigenvalue weighted by molar-refractivity contribution is 9.10. The van der Waals surface area contributed by atoms with E-state index in [1.807, 2.05) is 0 Å². The minimum Gasteiger partial charge on any atom is -0.497 e. The molecule has 2 aromatic carbocycles. The molecule has 0 spiro atoms. The first kappa shape index (κ1) is 31.2. The van der Waals surface area contributed by atoms with Crippen LogP contribution in [0.2, 0.25) is 0 Å². The molecular weight excluding hydrogens is 648 g/mol. The van der Waals surface area contributed by atoms with E-state index in [0.29, 0.717) is 34.1 Å². The molecule has 1 amide bonds. The number of sulfonamides is 1. The van der Waals surface area contributed by atoms with Crippen molar-refractivity contribution in [3.05, 3.63) is 64.0 Å². The fraction of sp³-hybridized carbons (Fsp3) is 0.414. The van der Waals surface area contributed by atoms with Crippen LogP contribution in [0.15, 0.2) is 52.0 Å². The maximum atomic E-state index is 14.4. The van der Waals surface area contributed by atoms with Gasteiger partial charge < -0.3 is 20.5 Å². The quantitative estimate of drug-likeness (QED) is 0.301. The Morgan fingerprint density at radius 2 is 2.00 bits per heavy atom. The van der Waals surface area contributed by atoms with Crippen LogP contribution in [0.5, 0.6) is 5.75 Å². The Morgan fingerprint density at radius 1 is 1.23 bits per heavy atom. The van der Waals surface area contributed by atoms with E-state index in [0.717, 1.165) is 29.3 Å². The SMILES string of the molecule is COc1cc(F)cc([C@@H](CO)NC(=O)[C@@H](C)N2Cc3ccc(-c4nc(NC5CCCCC5F)ncc4Br)cc3S2(=O)=O)c1. The van der Waals surface area contributed by atoms with Gasteiger partial charge in [-0.05, 0) is 65.0 Å². The summed E-state index contributed by atoms with van der Waals surface area (Å²) in [7, 11) is -2.73. The van der Waals surface area contributed by atoms with Crippen LogP contribution in [0.4, 0.5) is 14.7 Å². The molecule has 14 heteroatoms. The van der Waals surface area contributed by atoms with Gasteiger partial charge in [-0.15, -0.1) is 0 Å². The average molecular weight is 681 g/mol. The number of carbonyl (C=O) groups excluding carboxylic acids is 1. The van der Waals surface area contributed by atoms with Crippen molar-refractivity contribution >= 4 is 37.8 Å². The third-order valence-corrected chi connectivity index (χ3v) is 10.4. The van der Waals surface area contributed by atoms with Crippen LogP contribution < -0.4 is 15.4 Å². The van der Waals surface area contributed by atoms with Crippen molar-refractivity contribution in [3.63, 3.8) is 0 Å². The van der Waals surface area contributed by atoms with E-state index in [2.05, 4.69) is 36.5 Å². The van der Waals surface area contributed by atoms with Crippen molar-refractivity contribution in [2.75, 3.05) is 19.0 Å². The summed E-state index contributed by atoms with van der Waals surface area (Å²) in [5.74, 6) is -0.815. The predicted octanol–water partition coefficient (Wildman–Crippen LogP) is 4.49. The molecule has 4 atom stereocenters. The van der Waals surface area contributed by atoms with Crippen LogP contribution in [0, 0.1) is 5.82 Å². The van der Waals surface area contributed by atoms with E-state index in [1.54, 1.807) is 12.1 Å². The number of carbonyl (C=O) groups is 1. The number of aliphatic hydroxyl groups excluding tert-OH is 1. The number of rotatable bonds is 9. The summed E-state index contributed by atoms with van der Waals surface area (Å²) in [6.45, 7) is 0.864. The van der Waals surface area contributed by atoms with E-state index in [1.165, 1.54) is 32.4 Å². The van der Waals surface area contributed by atoms with Gasteiger partial charge in [0.2, 0.25) is 21.9 Å². The molecule has 1 saturated carbocycles. The van der Waals surface area contributed by atoms with Gasteiger partial charge in [-0.1, -0.05) is 25.0 Å². The Bertz CT molecular complexity index is 1630. The largest absolute Gasteiger partial charge is 0.497 e. The highest BCUT2D eigenvalue weighted by Gasteiger charge is 2.41. The topological polar surface area (TPSA) is 134 Å². The van der Waals surface area contributed by atoms with Crippen LogP contribution in [0.3, 0.4) is 0 Å². The number of alkyl halides is 1. The molecule has 230 valence electrons. The highest BCUT2D eigenvalue weighted by atomic mass is 79.9. The number of hydrogen-bond donors (Lipinski definition) is 3. The second kappa shape index (κ2) is 12.8. The molecule has 2 aliphatic rings. The average Bonchev–Trinajstić information content (AvgIpc) is 3.26. The molecule has 2 heterocycles. The Labute approximate surface area is 257 Å². The third-order valence-electron chi connectivity index (χ3n) is 7.84. The molecular formula is C29H32BrF2N5O5S. The fourth-order valence-corrected chi connectivity index (χ4v) is 7.64. The minimum atomic E-state index is -4.09. The van der Waals surface area contributed by atoms with Crippen molar-refractivity contribution in [3.8, 4) is 17.0 Å². The molecule has 3 N–H and O–H groups in total. The van der Waals surface area contributed by atoms with E-state index in [4.69, 9.17) is 4.74 Å². The van der Waals surface area contributed by atoms with Crippen LogP contribution in [-0.2, 0) is 21.4 Å². The zero-order valence-electron chi connectivity index (χ0n) is 23.6. The normalized spacial score (nSPS) is 21.1. The van der Waals surface area contributed by atoms with E-state index in [9.17, 15) is 27.1 Å². The molecule has 3 aromatic rings. The molecule has 0 radical (unpaired) electrons. The molecule has 10 nitrogen and oxygen atoms in total. The van der Waals surface area contributed by atoms with Gasteiger partial charge in [-0.3, -0.25) is 4.79 Å². The zero-order valence-corrected chi connectivity index (χ0v) is 26.0. The van der Waals surface area contributed by atoms with Crippen molar-refractivity contribution in [2.45, 2.75) is 68.3 Å². The maximum Gasteiger partial charge on any atom is 0.244 e. The number of methoxy groups -OCH3 is 1. The van der Waals surface area contributed by atoms with Gasteiger partial charge in [0.05, 0.1) is 40.9 Å². The summed E-state index contributed by atoms with van der Waals surface area (Å²) in [4.78, 5) is 22.0. The lowest BCUT2D eigenvalue weighted by Crippen LogP contribution is -2.46. The van der Waals surface area contributed by atoms with Gasteiger partial charge in [-0.2, -0.15) is 4.31 Å². The molecule has 0 bridgehead atoms.